The number of pyridine rings is 1. The molecule has 0 saturated carbocycles. The highest BCUT2D eigenvalue weighted by Crippen LogP contribution is 2.23. The minimum Gasteiger partial charge on any atom is -0.303 e. The Bertz CT molecular complexity index is 860. The number of rotatable bonds is 4. The molecule has 130 valence electrons. The zero-order valence-electron chi connectivity index (χ0n) is 14.0. The lowest BCUT2D eigenvalue weighted by molar-refractivity contribution is 0.159. The van der Waals surface area contributed by atoms with Gasteiger partial charge < -0.3 is 4.90 Å². The van der Waals surface area contributed by atoms with E-state index in [9.17, 15) is 8.42 Å². The van der Waals surface area contributed by atoms with Crippen molar-refractivity contribution in [2.24, 2.45) is 0 Å². The van der Waals surface area contributed by atoms with Crippen LogP contribution in [0.5, 0.6) is 0 Å². The molecule has 1 aromatic heterocycles. The fourth-order valence-electron chi connectivity index (χ4n) is 3.10. The van der Waals surface area contributed by atoms with Crippen molar-refractivity contribution in [2.75, 3.05) is 26.7 Å². The van der Waals surface area contributed by atoms with E-state index >= 15 is 0 Å². The Balaban J connectivity index is 1.89. The van der Waals surface area contributed by atoms with Gasteiger partial charge in [-0.1, -0.05) is 30.3 Å². The number of nitriles is 1. The van der Waals surface area contributed by atoms with Gasteiger partial charge in [-0.15, -0.1) is 0 Å². The molecule has 7 heteroatoms. The van der Waals surface area contributed by atoms with Crippen LogP contribution in [-0.2, 0) is 16.4 Å². The van der Waals surface area contributed by atoms with Gasteiger partial charge in [-0.05, 0) is 31.2 Å². The van der Waals surface area contributed by atoms with E-state index in [0.29, 0.717) is 26.1 Å². The van der Waals surface area contributed by atoms with Gasteiger partial charge in [-0.25, -0.2) is 13.4 Å². The molecule has 1 aliphatic heterocycles. The first kappa shape index (κ1) is 17.5. The summed E-state index contributed by atoms with van der Waals surface area (Å²) in [6, 6.07) is 14.6. The third kappa shape index (κ3) is 3.87. The first-order chi connectivity index (χ1) is 12.0. The maximum atomic E-state index is 13.1. The number of benzene rings is 1. The number of likely N-dealkylation sites (N-methyl/N-ethyl adjacent to an activating group) is 1. The van der Waals surface area contributed by atoms with Crippen LogP contribution in [0.4, 0.5) is 0 Å². The van der Waals surface area contributed by atoms with Gasteiger partial charge in [-0.3, -0.25) is 0 Å². The van der Waals surface area contributed by atoms with Gasteiger partial charge in [0.15, 0.2) is 0 Å². The number of hydrogen-bond acceptors (Lipinski definition) is 5. The highest BCUT2D eigenvalue weighted by Gasteiger charge is 2.35. The van der Waals surface area contributed by atoms with Gasteiger partial charge in [0.1, 0.15) is 16.7 Å². The van der Waals surface area contributed by atoms with E-state index in [4.69, 9.17) is 5.26 Å². The lowest BCUT2D eigenvalue weighted by atomic mass is 10.0. The zero-order chi connectivity index (χ0) is 17.9. The maximum absolute atomic E-state index is 13.1. The lowest BCUT2D eigenvalue weighted by Crippen LogP contribution is -2.54. The van der Waals surface area contributed by atoms with Crippen molar-refractivity contribution in [1.82, 2.24) is 14.2 Å². The van der Waals surface area contributed by atoms with Crippen LogP contribution in [0.3, 0.4) is 0 Å². The third-order valence-electron chi connectivity index (χ3n) is 4.40. The molecule has 25 heavy (non-hydrogen) atoms. The van der Waals surface area contributed by atoms with E-state index in [-0.39, 0.29) is 16.6 Å². The molecule has 2 aromatic rings. The highest BCUT2D eigenvalue weighted by molar-refractivity contribution is 7.89. The normalized spacial score (nSPS) is 19.4. The van der Waals surface area contributed by atoms with Crippen LogP contribution in [-0.4, -0.2) is 55.3 Å². The largest absolute Gasteiger partial charge is 0.303 e. The van der Waals surface area contributed by atoms with Crippen LogP contribution in [0.15, 0.2) is 53.6 Å². The van der Waals surface area contributed by atoms with Crippen LogP contribution in [0.2, 0.25) is 0 Å². The smallest absolute Gasteiger partial charge is 0.244 e. The molecule has 6 nitrogen and oxygen atoms in total. The van der Waals surface area contributed by atoms with E-state index in [1.165, 1.54) is 18.3 Å². The summed E-state index contributed by atoms with van der Waals surface area (Å²) in [5.74, 6) is 0. The van der Waals surface area contributed by atoms with Gasteiger partial charge in [0.25, 0.3) is 0 Å². The van der Waals surface area contributed by atoms with Crippen LogP contribution in [0, 0.1) is 11.3 Å². The SMILES string of the molecule is CN1CCN(S(=O)(=O)c2ccc(C#N)nc2)C(Cc2ccccc2)C1. The highest BCUT2D eigenvalue weighted by atomic mass is 32.2. The number of hydrogen-bond donors (Lipinski definition) is 0. The molecule has 1 aliphatic rings. The van der Waals surface area contributed by atoms with Crippen LogP contribution < -0.4 is 0 Å². The summed E-state index contributed by atoms with van der Waals surface area (Å²) in [6.45, 7) is 1.81. The Morgan fingerprint density at radius 1 is 1.20 bits per heavy atom. The van der Waals surface area contributed by atoms with E-state index in [1.807, 2.05) is 43.4 Å². The molecule has 1 aromatic carbocycles. The second-order valence-corrected chi connectivity index (χ2v) is 8.10. The van der Waals surface area contributed by atoms with Crippen molar-refractivity contribution in [2.45, 2.75) is 17.4 Å². The summed E-state index contributed by atoms with van der Waals surface area (Å²) in [7, 11) is -1.64. The summed E-state index contributed by atoms with van der Waals surface area (Å²) in [6.07, 6.45) is 1.93. The number of sulfonamides is 1. The average molecular weight is 356 g/mol. The molecular formula is C18H20N4O2S. The van der Waals surface area contributed by atoms with E-state index < -0.39 is 10.0 Å². The maximum Gasteiger partial charge on any atom is 0.244 e. The van der Waals surface area contributed by atoms with Gasteiger partial charge in [-0.2, -0.15) is 9.57 Å². The fraction of sp³-hybridized carbons (Fsp3) is 0.333. The number of nitrogens with zero attached hydrogens (tertiary/aromatic N) is 4. The van der Waals surface area contributed by atoms with Crippen molar-refractivity contribution in [3.8, 4) is 6.07 Å². The molecule has 0 spiro atoms. The summed E-state index contributed by atoms with van der Waals surface area (Å²) in [4.78, 5) is 6.19. The Morgan fingerprint density at radius 2 is 1.96 bits per heavy atom. The third-order valence-corrected chi connectivity index (χ3v) is 6.34. The Labute approximate surface area is 148 Å². The summed E-state index contributed by atoms with van der Waals surface area (Å²) in [5, 5.41) is 8.84. The standard InChI is InChI=1S/C18H20N4O2S/c1-21-9-10-22(17(14-21)11-15-5-3-2-4-6-15)25(23,24)18-8-7-16(12-19)20-13-18/h2-8,13,17H,9-11,14H2,1H3. The first-order valence-electron chi connectivity index (χ1n) is 8.11. The van der Waals surface area contributed by atoms with Crippen LogP contribution in [0.1, 0.15) is 11.3 Å². The summed E-state index contributed by atoms with van der Waals surface area (Å²) < 4.78 is 27.7. The molecule has 1 fully saturated rings. The molecule has 2 heterocycles. The van der Waals surface area contributed by atoms with Crippen LogP contribution >= 0.6 is 0 Å². The molecule has 1 unspecified atom stereocenters. The van der Waals surface area contributed by atoms with Crippen molar-refractivity contribution >= 4 is 10.0 Å². The minimum absolute atomic E-state index is 0.133. The molecule has 0 bridgehead atoms. The molecular weight excluding hydrogens is 336 g/mol. The van der Waals surface area contributed by atoms with Gasteiger partial charge >= 0.3 is 0 Å². The lowest BCUT2D eigenvalue weighted by Gasteiger charge is -2.39. The molecule has 3 rings (SSSR count). The number of piperazine rings is 1. The van der Waals surface area contributed by atoms with Gasteiger partial charge in [0.05, 0.1) is 0 Å². The predicted octanol–water partition coefficient (Wildman–Crippen LogP) is 1.50. The first-order valence-corrected chi connectivity index (χ1v) is 9.55. The van der Waals surface area contributed by atoms with Crippen molar-refractivity contribution in [3.05, 3.63) is 59.9 Å². The average Bonchev–Trinajstić information content (AvgIpc) is 2.62. The Kier molecular flexibility index (Phi) is 5.13. The van der Waals surface area contributed by atoms with E-state index in [2.05, 4.69) is 9.88 Å². The van der Waals surface area contributed by atoms with Crippen molar-refractivity contribution in [1.29, 1.82) is 5.26 Å². The molecule has 0 amide bonds. The van der Waals surface area contributed by atoms with Crippen molar-refractivity contribution in [3.63, 3.8) is 0 Å². The molecule has 0 aliphatic carbocycles. The second-order valence-electron chi connectivity index (χ2n) is 6.21. The second kappa shape index (κ2) is 7.31. The Hall–Kier alpha value is -2.27. The number of aromatic nitrogens is 1. The monoisotopic (exact) mass is 356 g/mol. The van der Waals surface area contributed by atoms with Crippen molar-refractivity contribution < 1.29 is 8.42 Å². The molecule has 0 N–H and O–H groups in total. The predicted molar refractivity (Wildman–Crippen MR) is 94.3 cm³/mol. The quantitative estimate of drug-likeness (QED) is 0.830. The zero-order valence-corrected chi connectivity index (χ0v) is 14.9. The minimum atomic E-state index is -3.64. The van der Waals surface area contributed by atoms with Gasteiger partial charge in [0.2, 0.25) is 10.0 Å². The summed E-state index contributed by atoms with van der Waals surface area (Å²) >= 11 is 0. The van der Waals surface area contributed by atoms with Gasteiger partial charge in [0, 0.05) is 31.9 Å². The Morgan fingerprint density at radius 3 is 2.60 bits per heavy atom. The van der Waals surface area contributed by atoms with Crippen LogP contribution in [0.25, 0.3) is 0 Å². The molecule has 1 saturated heterocycles. The van der Waals surface area contributed by atoms with E-state index in [1.54, 1.807) is 4.31 Å². The molecule has 1 atom stereocenters. The summed E-state index contributed by atoms with van der Waals surface area (Å²) in [5.41, 5.74) is 1.32. The fourth-order valence-corrected chi connectivity index (χ4v) is 4.65. The molecule has 0 radical (unpaired) electrons. The van der Waals surface area contributed by atoms with E-state index in [0.717, 1.165) is 5.56 Å². The topological polar surface area (TPSA) is 77.3 Å².